The van der Waals surface area contributed by atoms with Crippen LogP contribution in [0.25, 0.3) is 0 Å². The van der Waals surface area contributed by atoms with E-state index < -0.39 is 0 Å². The van der Waals surface area contributed by atoms with Gasteiger partial charge in [0, 0.05) is 56.3 Å². The topological polar surface area (TPSA) is 89.8 Å². The number of carbonyl (C=O) groups excluding carboxylic acids is 2. The highest BCUT2D eigenvalue weighted by molar-refractivity contribution is 6.30. The van der Waals surface area contributed by atoms with Crippen molar-refractivity contribution in [3.05, 3.63) is 58.7 Å². The first-order chi connectivity index (χ1) is 18.3. The van der Waals surface area contributed by atoms with E-state index in [1.807, 2.05) is 42.2 Å². The number of piperidine rings is 1. The Morgan fingerprint density at radius 3 is 2.42 bits per heavy atom. The summed E-state index contributed by atoms with van der Waals surface area (Å²) in [5.41, 5.74) is 1.60. The van der Waals surface area contributed by atoms with Gasteiger partial charge in [-0.1, -0.05) is 23.7 Å². The van der Waals surface area contributed by atoms with E-state index in [0.717, 1.165) is 50.2 Å². The lowest BCUT2D eigenvalue weighted by molar-refractivity contribution is -0.135. The molecule has 3 atom stereocenters. The molecule has 2 aromatic rings. The van der Waals surface area contributed by atoms with Gasteiger partial charge in [0.1, 0.15) is 18.0 Å². The van der Waals surface area contributed by atoms with E-state index in [2.05, 4.69) is 16.0 Å². The lowest BCUT2D eigenvalue weighted by atomic mass is 9.93. The molecule has 5 rings (SSSR count). The molecule has 200 valence electrons. The third-order valence-electron chi connectivity index (χ3n) is 8.30. The maximum absolute atomic E-state index is 13.7. The van der Waals surface area contributed by atoms with Gasteiger partial charge in [0.05, 0.1) is 11.6 Å². The Morgan fingerprint density at radius 1 is 1.11 bits per heavy atom. The van der Waals surface area contributed by atoms with E-state index >= 15 is 0 Å². The first-order valence-electron chi connectivity index (χ1n) is 13.4. The quantitative estimate of drug-likeness (QED) is 0.533. The van der Waals surface area contributed by atoms with Crippen LogP contribution in [0.3, 0.4) is 0 Å². The lowest BCUT2D eigenvalue weighted by Crippen LogP contribution is -2.45. The molecule has 3 heterocycles. The number of aromatic nitrogens is 1. The molecular formula is C29H34ClN5O3. The number of carbonyl (C=O) groups is 2. The number of likely N-dealkylation sites (N-methyl/N-ethyl adjacent to an activating group) is 1. The Labute approximate surface area is 229 Å². The van der Waals surface area contributed by atoms with Crippen molar-refractivity contribution in [3.63, 3.8) is 0 Å². The molecule has 1 aromatic carbocycles. The number of likely N-dealkylation sites (tertiary alicyclic amines) is 1. The monoisotopic (exact) mass is 535 g/mol. The fraction of sp³-hybridized carbons (Fsp3) is 0.517. The number of nitriles is 1. The van der Waals surface area contributed by atoms with E-state index in [4.69, 9.17) is 21.6 Å². The van der Waals surface area contributed by atoms with Gasteiger partial charge in [0.2, 0.25) is 5.91 Å². The van der Waals surface area contributed by atoms with Crippen LogP contribution < -0.4 is 4.90 Å². The first kappa shape index (κ1) is 26.3. The summed E-state index contributed by atoms with van der Waals surface area (Å²) in [4.78, 5) is 36.9. The number of anilines is 1. The van der Waals surface area contributed by atoms with Gasteiger partial charge in [-0.3, -0.25) is 4.79 Å². The molecule has 2 saturated heterocycles. The predicted octanol–water partition coefficient (Wildman–Crippen LogP) is 4.68. The molecule has 38 heavy (non-hydrogen) atoms. The van der Waals surface area contributed by atoms with Crippen molar-refractivity contribution in [2.75, 3.05) is 38.1 Å². The van der Waals surface area contributed by atoms with Crippen LogP contribution in [0.4, 0.5) is 10.6 Å². The van der Waals surface area contributed by atoms with Crippen LogP contribution in [-0.4, -0.2) is 72.2 Å². The number of rotatable bonds is 6. The zero-order chi connectivity index (χ0) is 26.8. The fourth-order valence-electron chi connectivity index (χ4n) is 5.69. The number of amides is 2. The molecule has 3 aliphatic rings. The van der Waals surface area contributed by atoms with Gasteiger partial charge < -0.3 is 19.4 Å². The fourth-order valence-corrected chi connectivity index (χ4v) is 5.81. The maximum Gasteiger partial charge on any atom is 0.410 e. The van der Waals surface area contributed by atoms with Crippen molar-refractivity contribution in [1.82, 2.24) is 14.8 Å². The summed E-state index contributed by atoms with van der Waals surface area (Å²) in [6.45, 7) is 4.46. The van der Waals surface area contributed by atoms with Gasteiger partial charge in [-0.2, -0.15) is 5.26 Å². The Hall–Kier alpha value is -3.31. The van der Waals surface area contributed by atoms with E-state index in [9.17, 15) is 9.59 Å². The molecule has 1 aromatic heterocycles. The predicted molar refractivity (Wildman–Crippen MR) is 145 cm³/mol. The number of hydrogen-bond donors (Lipinski definition) is 0. The molecule has 2 amide bonds. The molecule has 0 radical (unpaired) electrons. The lowest BCUT2D eigenvalue weighted by Gasteiger charge is -2.34. The standard InChI is InChI=1S/C29H34ClN5O3/c1-19(21-4-5-21)38-29(37)33(2)26-18-35(17-25(26)22-6-8-24(30)9-7-22)28(36)23-11-13-34(14-12-23)27-10-3-20(15-31)16-32-27/h3,6-10,16,19,21,23,25-26H,4-5,11-14,17-18H2,1-2H3. The SMILES string of the molecule is CC(OC(=O)N(C)C1CN(C(=O)C2CCN(c3ccc(C#N)cn3)CC2)CC1c1ccc(Cl)cc1)C1CC1. The highest BCUT2D eigenvalue weighted by Gasteiger charge is 2.43. The molecular weight excluding hydrogens is 502 g/mol. The van der Waals surface area contributed by atoms with Crippen molar-refractivity contribution >= 4 is 29.4 Å². The highest BCUT2D eigenvalue weighted by Crippen LogP contribution is 2.36. The third-order valence-corrected chi connectivity index (χ3v) is 8.55. The number of ether oxygens (including phenoxy) is 1. The summed E-state index contributed by atoms with van der Waals surface area (Å²) < 4.78 is 5.77. The van der Waals surface area contributed by atoms with Crippen LogP contribution in [0.2, 0.25) is 5.02 Å². The summed E-state index contributed by atoms with van der Waals surface area (Å²) in [6.07, 6.45) is 4.86. The minimum absolute atomic E-state index is 0.0204. The van der Waals surface area contributed by atoms with E-state index in [0.29, 0.717) is 29.6 Å². The van der Waals surface area contributed by atoms with Crippen LogP contribution in [-0.2, 0) is 9.53 Å². The second-order valence-electron chi connectivity index (χ2n) is 10.8. The third kappa shape index (κ3) is 5.73. The zero-order valence-corrected chi connectivity index (χ0v) is 22.7. The zero-order valence-electron chi connectivity index (χ0n) is 21.9. The minimum atomic E-state index is -0.328. The van der Waals surface area contributed by atoms with Crippen molar-refractivity contribution in [1.29, 1.82) is 5.26 Å². The number of hydrogen-bond acceptors (Lipinski definition) is 6. The number of halogens is 1. The van der Waals surface area contributed by atoms with Gasteiger partial charge in [0.15, 0.2) is 0 Å². The summed E-state index contributed by atoms with van der Waals surface area (Å²) >= 11 is 6.14. The van der Waals surface area contributed by atoms with Crippen LogP contribution in [0.15, 0.2) is 42.6 Å². The molecule has 1 saturated carbocycles. The minimum Gasteiger partial charge on any atom is -0.446 e. The molecule has 8 nitrogen and oxygen atoms in total. The molecule has 3 fully saturated rings. The molecule has 0 N–H and O–H groups in total. The molecule has 0 bridgehead atoms. The largest absolute Gasteiger partial charge is 0.446 e. The van der Waals surface area contributed by atoms with Crippen LogP contribution in [0, 0.1) is 23.2 Å². The summed E-state index contributed by atoms with van der Waals surface area (Å²) in [5, 5.41) is 9.67. The second-order valence-corrected chi connectivity index (χ2v) is 11.2. The van der Waals surface area contributed by atoms with Crippen LogP contribution in [0.1, 0.15) is 49.7 Å². The molecule has 3 unspecified atom stereocenters. The van der Waals surface area contributed by atoms with Crippen molar-refractivity contribution in [2.24, 2.45) is 11.8 Å². The Kier molecular flexibility index (Phi) is 7.75. The van der Waals surface area contributed by atoms with E-state index in [1.165, 1.54) is 0 Å². The highest BCUT2D eigenvalue weighted by atomic mass is 35.5. The summed E-state index contributed by atoms with van der Waals surface area (Å²) in [6, 6.07) is 13.2. The van der Waals surface area contributed by atoms with E-state index in [-0.39, 0.29) is 36.0 Å². The van der Waals surface area contributed by atoms with Crippen LogP contribution in [0.5, 0.6) is 0 Å². The Balaban J connectivity index is 1.25. The first-order valence-corrected chi connectivity index (χ1v) is 13.8. The Morgan fingerprint density at radius 2 is 1.82 bits per heavy atom. The van der Waals surface area contributed by atoms with Gasteiger partial charge in [0.25, 0.3) is 0 Å². The molecule has 1 aliphatic carbocycles. The summed E-state index contributed by atoms with van der Waals surface area (Å²) in [5.74, 6) is 1.35. The van der Waals surface area contributed by atoms with Crippen molar-refractivity contribution in [3.8, 4) is 6.07 Å². The number of pyridine rings is 1. The number of benzene rings is 1. The van der Waals surface area contributed by atoms with Crippen molar-refractivity contribution in [2.45, 2.75) is 50.7 Å². The second kappa shape index (κ2) is 11.2. The Bertz CT molecular complexity index is 1190. The van der Waals surface area contributed by atoms with Gasteiger partial charge in [-0.05, 0) is 68.4 Å². The van der Waals surface area contributed by atoms with E-state index in [1.54, 1.807) is 24.2 Å². The maximum atomic E-state index is 13.7. The van der Waals surface area contributed by atoms with Gasteiger partial charge >= 0.3 is 6.09 Å². The smallest absolute Gasteiger partial charge is 0.410 e. The normalized spacial score (nSPS) is 22.6. The van der Waals surface area contributed by atoms with Crippen LogP contribution >= 0.6 is 11.6 Å². The molecule has 0 spiro atoms. The van der Waals surface area contributed by atoms with Gasteiger partial charge in [-0.15, -0.1) is 0 Å². The summed E-state index contributed by atoms with van der Waals surface area (Å²) in [7, 11) is 1.78. The van der Waals surface area contributed by atoms with Crippen molar-refractivity contribution < 1.29 is 14.3 Å². The van der Waals surface area contributed by atoms with Gasteiger partial charge in [-0.25, -0.2) is 9.78 Å². The average Bonchev–Trinajstić information content (AvgIpc) is 3.71. The average molecular weight is 536 g/mol. The molecule has 2 aliphatic heterocycles. The number of nitrogens with zero attached hydrogens (tertiary/aromatic N) is 5. The molecule has 9 heteroatoms.